The molecular formula is C34H39NO11. The maximum atomic E-state index is 13.8. The number of ether oxygens (including phenoxy) is 6. The SMILES string of the molecule is CCNC(=O)[C@H]1[C@@H](O)[C@@]2(O)c3c(OC)cc(O[C@H]4COC[C@H]([C@H](O)CO)O4)cc3O[C@@]2(c2ccc(OC)cc2)[C@@H]1c1ccccc1. The fourth-order valence-electron chi connectivity index (χ4n) is 7.12. The van der Waals surface area contributed by atoms with Crippen LogP contribution in [0.1, 0.15) is 29.5 Å². The van der Waals surface area contributed by atoms with Crippen LogP contribution in [0.3, 0.4) is 0 Å². The number of aliphatic hydroxyl groups is 4. The number of benzene rings is 3. The van der Waals surface area contributed by atoms with Gasteiger partial charge in [-0.05, 0) is 30.2 Å². The summed E-state index contributed by atoms with van der Waals surface area (Å²) in [6, 6.07) is 19.3. The van der Waals surface area contributed by atoms with Crippen LogP contribution in [0, 0.1) is 5.92 Å². The van der Waals surface area contributed by atoms with Crippen LogP contribution in [-0.4, -0.2) is 91.5 Å². The first kappa shape index (κ1) is 32.0. The smallest absolute Gasteiger partial charge is 0.226 e. The van der Waals surface area contributed by atoms with Gasteiger partial charge in [-0.15, -0.1) is 0 Å². The van der Waals surface area contributed by atoms with E-state index < -0.39 is 60.2 Å². The van der Waals surface area contributed by atoms with Crippen molar-refractivity contribution in [2.75, 3.05) is 40.6 Å². The summed E-state index contributed by atoms with van der Waals surface area (Å²) in [6.07, 6.45) is -4.53. The fourth-order valence-corrected chi connectivity index (χ4v) is 7.12. The number of rotatable bonds is 10. The van der Waals surface area contributed by atoms with Crippen molar-refractivity contribution in [1.29, 1.82) is 0 Å². The second-order valence-electron chi connectivity index (χ2n) is 11.6. The largest absolute Gasteiger partial charge is 0.497 e. The lowest BCUT2D eigenvalue weighted by Crippen LogP contribution is -2.52. The molecule has 0 spiro atoms. The molecule has 246 valence electrons. The molecule has 12 nitrogen and oxygen atoms in total. The molecule has 1 aliphatic carbocycles. The van der Waals surface area contributed by atoms with E-state index in [-0.39, 0.29) is 36.0 Å². The molecule has 3 aliphatic rings. The van der Waals surface area contributed by atoms with Crippen LogP contribution in [0.5, 0.6) is 23.0 Å². The average Bonchev–Trinajstić information content (AvgIpc) is 3.46. The molecule has 1 amide bonds. The van der Waals surface area contributed by atoms with E-state index in [1.165, 1.54) is 13.2 Å². The Bertz CT molecular complexity index is 1540. The Morgan fingerprint density at radius 3 is 2.43 bits per heavy atom. The number of hydrogen-bond donors (Lipinski definition) is 5. The minimum Gasteiger partial charge on any atom is -0.497 e. The number of hydrogen-bond acceptors (Lipinski definition) is 11. The summed E-state index contributed by atoms with van der Waals surface area (Å²) in [5.74, 6) is -1.29. The predicted octanol–water partition coefficient (Wildman–Crippen LogP) is 1.56. The lowest BCUT2D eigenvalue weighted by molar-refractivity contribution is -0.233. The predicted molar refractivity (Wildman–Crippen MR) is 163 cm³/mol. The average molecular weight is 638 g/mol. The van der Waals surface area contributed by atoms with E-state index in [2.05, 4.69) is 5.32 Å². The van der Waals surface area contributed by atoms with Crippen LogP contribution in [0.25, 0.3) is 0 Å². The van der Waals surface area contributed by atoms with Crippen molar-refractivity contribution < 1.29 is 53.6 Å². The van der Waals surface area contributed by atoms with Crippen molar-refractivity contribution in [3.05, 3.63) is 83.4 Å². The van der Waals surface area contributed by atoms with E-state index in [1.54, 1.807) is 44.4 Å². The summed E-state index contributed by atoms with van der Waals surface area (Å²) in [5, 5.41) is 47.5. The molecule has 0 aromatic heterocycles. The lowest BCUT2D eigenvalue weighted by atomic mass is 9.70. The normalized spacial score (nSPS) is 30.5. The second-order valence-corrected chi connectivity index (χ2v) is 11.6. The molecule has 5 N–H and O–H groups in total. The number of carbonyl (C=O) groups is 1. The van der Waals surface area contributed by atoms with Gasteiger partial charge in [0, 0.05) is 24.6 Å². The zero-order valence-corrected chi connectivity index (χ0v) is 25.8. The van der Waals surface area contributed by atoms with Crippen LogP contribution in [0.4, 0.5) is 0 Å². The summed E-state index contributed by atoms with van der Waals surface area (Å²) in [7, 11) is 2.96. The highest BCUT2D eigenvalue weighted by atomic mass is 16.7. The van der Waals surface area contributed by atoms with Gasteiger partial charge in [-0.25, -0.2) is 0 Å². The zero-order chi connectivity index (χ0) is 32.6. The van der Waals surface area contributed by atoms with Gasteiger partial charge >= 0.3 is 0 Å². The molecule has 1 saturated heterocycles. The van der Waals surface area contributed by atoms with E-state index >= 15 is 0 Å². The van der Waals surface area contributed by atoms with E-state index in [0.29, 0.717) is 23.4 Å². The van der Waals surface area contributed by atoms with Crippen molar-refractivity contribution in [2.45, 2.75) is 48.6 Å². The third kappa shape index (κ3) is 4.96. The third-order valence-electron chi connectivity index (χ3n) is 9.12. The molecule has 2 heterocycles. The topological polar surface area (TPSA) is 165 Å². The zero-order valence-electron chi connectivity index (χ0n) is 25.8. The number of methoxy groups -OCH3 is 2. The summed E-state index contributed by atoms with van der Waals surface area (Å²) < 4.78 is 35.5. The second kappa shape index (κ2) is 12.7. The van der Waals surface area contributed by atoms with Gasteiger partial charge in [-0.1, -0.05) is 42.5 Å². The number of aliphatic hydroxyl groups excluding tert-OH is 3. The van der Waals surface area contributed by atoms with E-state index in [4.69, 9.17) is 28.4 Å². The van der Waals surface area contributed by atoms with Crippen molar-refractivity contribution in [1.82, 2.24) is 5.32 Å². The molecule has 3 aromatic rings. The molecule has 2 aliphatic heterocycles. The third-order valence-corrected chi connectivity index (χ3v) is 9.12. The van der Waals surface area contributed by atoms with Crippen molar-refractivity contribution >= 4 is 5.91 Å². The van der Waals surface area contributed by atoms with Crippen molar-refractivity contribution in [2.24, 2.45) is 5.92 Å². The molecule has 2 fully saturated rings. The molecule has 46 heavy (non-hydrogen) atoms. The van der Waals surface area contributed by atoms with E-state index in [1.807, 2.05) is 30.3 Å². The van der Waals surface area contributed by atoms with Gasteiger partial charge in [0.25, 0.3) is 0 Å². The van der Waals surface area contributed by atoms with Crippen LogP contribution in [0.2, 0.25) is 0 Å². The first-order valence-corrected chi connectivity index (χ1v) is 15.2. The Morgan fingerprint density at radius 1 is 1.04 bits per heavy atom. The molecule has 0 radical (unpaired) electrons. The molecule has 8 atom stereocenters. The van der Waals surface area contributed by atoms with Crippen molar-refractivity contribution in [3.63, 3.8) is 0 Å². The molecule has 0 unspecified atom stereocenters. The highest BCUT2D eigenvalue weighted by molar-refractivity contribution is 5.83. The fraction of sp³-hybridized carbons (Fsp3) is 0.441. The molecular weight excluding hydrogens is 598 g/mol. The Labute approximate surface area is 266 Å². The standard InChI is InChI=1S/C34H39NO11/c1-4-35-32(39)28-29(19-8-6-5-7-9-19)34(20-10-12-21(41-2)13-11-20)33(40,31(28)38)30-24(42-3)14-22(15-25(30)46-34)44-27-18-43-17-26(45-27)23(37)16-36/h5-15,23,26-29,31,36-38,40H,4,16-18H2,1-3H3,(H,35,39)/t23-,26-,27-,28-,29-,31-,33+,34+/m1/s1. The van der Waals surface area contributed by atoms with Gasteiger partial charge in [-0.3, -0.25) is 4.79 Å². The van der Waals surface area contributed by atoms with E-state index in [0.717, 1.165) is 0 Å². The van der Waals surface area contributed by atoms with Crippen LogP contribution < -0.4 is 24.3 Å². The lowest BCUT2D eigenvalue weighted by Gasteiger charge is -2.40. The van der Waals surface area contributed by atoms with Crippen LogP contribution in [-0.2, 0) is 25.5 Å². The maximum Gasteiger partial charge on any atom is 0.226 e. The molecule has 1 saturated carbocycles. The molecule has 3 aromatic carbocycles. The van der Waals surface area contributed by atoms with Gasteiger partial charge < -0.3 is 54.2 Å². The highest BCUT2D eigenvalue weighted by Crippen LogP contribution is 2.70. The van der Waals surface area contributed by atoms with Crippen LogP contribution in [0.15, 0.2) is 66.7 Å². The summed E-state index contributed by atoms with van der Waals surface area (Å²) in [6.45, 7) is 1.74. The number of fused-ring (bicyclic) bond motifs is 3. The summed E-state index contributed by atoms with van der Waals surface area (Å²) in [5.41, 5.74) is -2.56. The van der Waals surface area contributed by atoms with Crippen LogP contribution >= 0.6 is 0 Å². The first-order chi connectivity index (χ1) is 22.2. The van der Waals surface area contributed by atoms with E-state index in [9.17, 15) is 25.2 Å². The number of amides is 1. The molecule has 12 heteroatoms. The Balaban J connectivity index is 1.52. The highest BCUT2D eigenvalue weighted by Gasteiger charge is 2.78. The molecule has 0 bridgehead atoms. The Hall–Kier alpha value is -3.91. The minimum atomic E-state index is -2.18. The summed E-state index contributed by atoms with van der Waals surface area (Å²) in [4.78, 5) is 13.8. The first-order valence-electron chi connectivity index (χ1n) is 15.2. The van der Waals surface area contributed by atoms with Gasteiger partial charge in [0.1, 0.15) is 47.9 Å². The van der Waals surface area contributed by atoms with Gasteiger partial charge in [0.15, 0.2) is 11.2 Å². The van der Waals surface area contributed by atoms with Gasteiger partial charge in [0.05, 0.1) is 38.9 Å². The van der Waals surface area contributed by atoms with Gasteiger partial charge in [0.2, 0.25) is 12.2 Å². The maximum absolute atomic E-state index is 13.8. The van der Waals surface area contributed by atoms with Gasteiger partial charge in [-0.2, -0.15) is 0 Å². The number of nitrogens with one attached hydrogen (secondary N) is 1. The monoisotopic (exact) mass is 637 g/mol. The Kier molecular flexibility index (Phi) is 8.85. The van der Waals surface area contributed by atoms with Crippen molar-refractivity contribution in [3.8, 4) is 23.0 Å². The number of carbonyl (C=O) groups excluding carboxylic acids is 1. The quantitative estimate of drug-likeness (QED) is 0.219. The summed E-state index contributed by atoms with van der Waals surface area (Å²) >= 11 is 0. The Morgan fingerprint density at radius 2 is 1.78 bits per heavy atom. The minimum absolute atomic E-state index is 0.0532. The molecule has 6 rings (SSSR count).